The van der Waals surface area contributed by atoms with Crippen LogP contribution in [0.1, 0.15) is 58.5 Å². The highest BCUT2D eigenvalue weighted by atomic mass is 32.2. The van der Waals surface area contributed by atoms with Crippen molar-refractivity contribution in [2.24, 2.45) is 0 Å². The van der Waals surface area contributed by atoms with Gasteiger partial charge in [-0.3, -0.25) is 18.5 Å². The molecule has 0 amide bonds. The molecule has 1 aliphatic rings. The minimum Gasteiger partial charge on any atom is -0.358 e. The monoisotopic (exact) mass is 848 g/mol. The van der Waals surface area contributed by atoms with Crippen LogP contribution in [0.4, 0.5) is 0 Å². The highest BCUT2D eigenvalue weighted by molar-refractivity contribution is 7.86. The molecule has 11 heteroatoms. The van der Waals surface area contributed by atoms with Crippen molar-refractivity contribution >= 4 is 10.1 Å². The number of aryl methyl sites for hydroxylation is 1. The van der Waals surface area contributed by atoms with E-state index in [2.05, 4.69) is 4.98 Å². The summed E-state index contributed by atoms with van der Waals surface area (Å²) < 4.78 is 56.2. The molecule has 10 nitrogen and oxygen atoms in total. The SMILES string of the molecule is CCCc1cn([C@@H]2O[C@H](COC(c3ccccc3)(c3ccccc3)c3ccccc3)[C@@H](OS(C)(=O)=O)[C@H]2OC(c2ccccc2)(c2ccccc2)c2ccccc2)c(=O)[nH]c1=O. The van der Waals surface area contributed by atoms with E-state index >= 15 is 0 Å². The average Bonchev–Trinajstić information content (AvgIpc) is 3.62. The van der Waals surface area contributed by atoms with E-state index in [9.17, 15) is 18.0 Å². The van der Waals surface area contributed by atoms with Gasteiger partial charge in [-0.15, -0.1) is 0 Å². The molecule has 8 rings (SSSR count). The first-order chi connectivity index (χ1) is 30.1. The molecule has 7 aromatic rings. The van der Waals surface area contributed by atoms with Gasteiger partial charge in [0, 0.05) is 11.8 Å². The molecule has 1 aliphatic heterocycles. The van der Waals surface area contributed by atoms with Crippen LogP contribution in [0.3, 0.4) is 0 Å². The van der Waals surface area contributed by atoms with E-state index in [-0.39, 0.29) is 6.61 Å². The van der Waals surface area contributed by atoms with Gasteiger partial charge in [-0.1, -0.05) is 195 Å². The van der Waals surface area contributed by atoms with Crippen LogP contribution in [0.15, 0.2) is 198 Å². The quantitative estimate of drug-likeness (QED) is 0.0764. The number of H-pyrrole nitrogens is 1. The zero-order chi connectivity index (χ0) is 43.2. The van der Waals surface area contributed by atoms with Crippen LogP contribution in [0.5, 0.6) is 0 Å². The third-order valence-corrected chi connectivity index (χ3v) is 11.8. The largest absolute Gasteiger partial charge is 0.358 e. The van der Waals surface area contributed by atoms with Crippen molar-refractivity contribution < 1.29 is 26.8 Å². The summed E-state index contributed by atoms with van der Waals surface area (Å²) in [5, 5.41) is 0. The molecule has 0 aliphatic carbocycles. The summed E-state index contributed by atoms with van der Waals surface area (Å²) in [6.45, 7) is 1.70. The lowest BCUT2D eigenvalue weighted by Crippen LogP contribution is -2.47. The zero-order valence-corrected chi connectivity index (χ0v) is 35.3. The first-order valence-electron chi connectivity index (χ1n) is 20.7. The summed E-state index contributed by atoms with van der Waals surface area (Å²) in [5.41, 5.74) is 1.08. The molecular weight excluding hydrogens is 801 g/mol. The Hall–Kier alpha value is -6.21. The van der Waals surface area contributed by atoms with Crippen LogP contribution >= 0.6 is 0 Å². The summed E-state index contributed by atoms with van der Waals surface area (Å²) >= 11 is 0. The number of aromatic amines is 1. The number of hydrogen-bond acceptors (Lipinski definition) is 8. The van der Waals surface area contributed by atoms with Crippen molar-refractivity contribution in [3.05, 3.63) is 248 Å². The van der Waals surface area contributed by atoms with Crippen molar-refractivity contribution in [1.82, 2.24) is 9.55 Å². The normalized spacial score (nSPS) is 18.1. The molecular formula is C51H48N2O8S. The highest BCUT2D eigenvalue weighted by Crippen LogP contribution is 2.47. The van der Waals surface area contributed by atoms with E-state index < -0.39 is 57.1 Å². The maximum absolute atomic E-state index is 14.1. The van der Waals surface area contributed by atoms with Crippen molar-refractivity contribution in [1.29, 1.82) is 0 Å². The Morgan fingerprint density at radius 3 is 1.35 bits per heavy atom. The number of aromatic nitrogens is 2. The first kappa shape index (κ1) is 42.5. The summed E-state index contributed by atoms with van der Waals surface area (Å²) in [4.78, 5) is 29.7. The molecule has 0 radical (unpaired) electrons. The van der Waals surface area contributed by atoms with Gasteiger partial charge in [-0.05, 0) is 39.8 Å². The Balaban J connectivity index is 1.35. The molecule has 1 aromatic heterocycles. The lowest BCUT2D eigenvalue weighted by Gasteiger charge is -2.40. The van der Waals surface area contributed by atoms with E-state index in [4.69, 9.17) is 18.4 Å². The van der Waals surface area contributed by atoms with Crippen LogP contribution in [0.25, 0.3) is 0 Å². The molecule has 4 atom stereocenters. The first-order valence-corrected chi connectivity index (χ1v) is 22.5. The molecule has 0 bridgehead atoms. The Morgan fingerprint density at radius 2 is 0.984 bits per heavy atom. The molecule has 1 saturated heterocycles. The van der Waals surface area contributed by atoms with Gasteiger partial charge >= 0.3 is 5.69 Å². The van der Waals surface area contributed by atoms with E-state index in [0.717, 1.165) is 39.6 Å². The second kappa shape index (κ2) is 18.4. The number of benzene rings is 6. The van der Waals surface area contributed by atoms with Crippen LogP contribution in [0, 0.1) is 0 Å². The van der Waals surface area contributed by atoms with Gasteiger partial charge in [-0.2, -0.15) is 8.42 Å². The predicted molar refractivity (Wildman–Crippen MR) is 238 cm³/mol. The van der Waals surface area contributed by atoms with Crippen LogP contribution in [-0.2, 0) is 46.1 Å². The van der Waals surface area contributed by atoms with Gasteiger partial charge < -0.3 is 14.2 Å². The molecule has 6 aromatic carbocycles. The van der Waals surface area contributed by atoms with Gasteiger partial charge in [0.2, 0.25) is 0 Å². The second-order valence-corrected chi connectivity index (χ2v) is 17.0. The second-order valence-electron chi connectivity index (χ2n) is 15.4. The fraction of sp³-hybridized carbons (Fsp3) is 0.216. The summed E-state index contributed by atoms with van der Waals surface area (Å²) in [7, 11) is -4.23. The standard InChI is InChI=1S/C51H48N2O8S/c1-3-22-37-35-53(49(55)52-47(37)54)48-46(60-51(41-29-16-7-17-30-41,42-31-18-8-19-32-42)43-33-20-9-21-34-43)45(61-62(2,56)57)44(59-48)36-58-50(38-23-10-4-11-24-38,39-25-12-5-13-26-39)40-27-14-6-15-28-40/h4-21,23-35,44-46,48H,3,22,36H2,1-2H3,(H,52,54,55)/t44-,45-,46-,48-/m1/s1. The molecule has 0 saturated carbocycles. The lowest BCUT2D eigenvalue weighted by molar-refractivity contribution is -0.123. The predicted octanol–water partition coefficient (Wildman–Crippen LogP) is 8.12. The number of hydrogen-bond donors (Lipinski definition) is 1. The summed E-state index contributed by atoms with van der Waals surface area (Å²) in [6, 6.07) is 58.1. The minimum atomic E-state index is -4.23. The molecule has 316 valence electrons. The fourth-order valence-corrected chi connectivity index (χ4v) is 9.21. The minimum absolute atomic E-state index is 0.232. The van der Waals surface area contributed by atoms with Gasteiger partial charge in [0.15, 0.2) is 6.23 Å². The number of nitrogens with zero attached hydrogens (tertiary/aromatic N) is 1. The lowest BCUT2D eigenvalue weighted by atomic mass is 9.79. The Labute approximate surface area is 361 Å². The fourth-order valence-electron chi connectivity index (χ4n) is 8.58. The van der Waals surface area contributed by atoms with Crippen molar-refractivity contribution in [2.75, 3.05) is 12.9 Å². The van der Waals surface area contributed by atoms with Gasteiger partial charge in [0.05, 0.1) is 12.9 Å². The molecule has 1 fully saturated rings. The zero-order valence-electron chi connectivity index (χ0n) is 34.5. The Kier molecular flexibility index (Phi) is 12.6. The maximum Gasteiger partial charge on any atom is 0.330 e. The van der Waals surface area contributed by atoms with Gasteiger partial charge in [0.25, 0.3) is 15.7 Å². The third kappa shape index (κ3) is 8.50. The number of nitrogens with one attached hydrogen (secondary N) is 1. The average molecular weight is 849 g/mol. The van der Waals surface area contributed by atoms with Crippen molar-refractivity contribution in [2.45, 2.75) is 55.5 Å². The van der Waals surface area contributed by atoms with Crippen LogP contribution < -0.4 is 11.2 Å². The van der Waals surface area contributed by atoms with Crippen LogP contribution in [-0.4, -0.2) is 49.1 Å². The molecule has 1 N–H and O–H groups in total. The topological polar surface area (TPSA) is 126 Å². The van der Waals surface area contributed by atoms with Gasteiger partial charge in [0.1, 0.15) is 29.5 Å². The number of ether oxygens (including phenoxy) is 3. The number of rotatable bonds is 16. The Bertz CT molecular complexity index is 2580. The summed E-state index contributed by atoms with van der Waals surface area (Å²) in [6.07, 6.45) is -1.75. The third-order valence-electron chi connectivity index (χ3n) is 11.3. The maximum atomic E-state index is 14.1. The highest BCUT2D eigenvalue weighted by Gasteiger charge is 2.55. The molecule has 2 heterocycles. The summed E-state index contributed by atoms with van der Waals surface area (Å²) in [5.74, 6) is 0. The molecule has 62 heavy (non-hydrogen) atoms. The van der Waals surface area contributed by atoms with E-state index in [1.807, 2.05) is 189 Å². The van der Waals surface area contributed by atoms with Crippen molar-refractivity contribution in [3.8, 4) is 0 Å². The van der Waals surface area contributed by atoms with Crippen LogP contribution in [0.2, 0.25) is 0 Å². The van der Waals surface area contributed by atoms with E-state index in [1.165, 1.54) is 10.8 Å². The van der Waals surface area contributed by atoms with E-state index in [0.29, 0.717) is 18.4 Å². The smallest absolute Gasteiger partial charge is 0.330 e. The molecule has 0 unspecified atom stereocenters. The Morgan fingerprint density at radius 1 is 0.597 bits per heavy atom. The van der Waals surface area contributed by atoms with E-state index in [1.54, 1.807) is 0 Å². The molecule has 0 spiro atoms. The van der Waals surface area contributed by atoms with Gasteiger partial charge in [-0.25, -0.2) is 4.79 Å². The van der Waals surface area contributed by atoms with Crippen molar-refractivity contribution in [3.63, 3.8) is 0 Å².